The van der Waals surface area contributed by atoms with Crippen molar-refractivity contribution in [2.45, 2.75) is 21.3 Å². The van der Waals surface area contributed by atoms with Gasteiger partial charge in [0.15, 0.2) is 11.5 Å². The molecule has 0 bridgehead atoms. The van der Waals surface area contributed by atoms with E-state index in [4.69, 9.17) is 39.8 Å². The zero-order valence-corrected chi connectivity index (χ0v) is 35.5. The first-order valence-electron chi connectivity index (χ1n) is 18.5. The van der Waals surface area contributed by atoms with Crippen molar-refractivity contribution in [3.8, 4) is 17.1 Å². The van der Waals surface area contributed by atoms with Crippen LogP contribution in [0.1, 0.15) is 18.6 Å². The second kappa shape index (κ2) is 23.2. The van der Waals surface area contributed by atoms with Crippen molar-refractivity contribution in [1.29, 1.82) is 0 Å². The molecule has 4 aromatic carbocycles. The SMILES string of the molecule is C.C=CC(=O)Nc1cccc(-n2c(-c3ccccc3)nc3cnc(N)nc32)c1.CO.Cc1cccc(Nc2nc(Cl)ncc2N)c1.Cc1cccc(Nc2nc(Cl)ncc2[N+](=O)[O-])c1. The summed E-state index contributed by atoms with van der Waals surface area (Å²) < 4.78 is 1.90. The van der Waals surface area contributed by atoms with E-state index in [1.165, 1.54) is 12.3 Å². The zero-order valence-electron chi connectivity index (χ0n) is 33.9. The molecule has 0 atom stereocenters. The summed E-state index contributed by atoms with van der Waals surface area (Å²) in [5.74, 6) is 1.19. The number of carbonyl (C=O) groups is 1. The molecule has 0 saturated heterocycles. The first kappa shape index (κ1) is 48.6. The van der Waals surface area contributed by atoms with Crippen LogP contribution in [0, 0.1) is 24.0 Å². The molecule has 328 valence electrons. The molecular weight excluding hydrogens is 859 g/mol. The van der Waals surface area contributed by atoms with E-state index in [0.717, 1.165) is 41.4 Å². The number of aromatic nitrogens is 8. The Balaban J connectivity index is 0.000000214. The van der Waals surface area contributed by atoms with Gasteiger partial charge in [-0.2, -0.15) is 15.0 Å². The molecule has 8 rings (SSSR count). The molecular formula is C44H44Cl2N14O4. The lowest BCUT2D eigenvalue weighted by Gasteiger charge is -2.11. The highest BCUT2D eigenvalue weighted by Gasteiger charge is 2.18. The monoisotopic (exact) mass is 902 g/mol. The van der Waals surface area contributed by atoms with Crippen molar-refractivity contribution in [3.63, 3.8) is 0 Å². The van der Waals surface area contributed by atoms with Crippen LogP contribution < -0.4 is 27.4 Å². The number of carbonyl (C=O) groups excluding carboxylic acids is 1. The maximum absolute atomic E-state index is 11.6. The molecule has 18 nitrogen and oxygen atoms in total. The second-order valence-electron chi connectivity index (χ2n) is 12.9. The maximum Gasteiger partial charge on any atom is 0.329 e. The van der Waals surface area contributed by atoms with Crippen molar-refractivity contribution in [3.05, 3.63) is 166 Å². The molecule has 0 aliphatic rings. The molecule has 0 saturated carbocycles. The van der Waals surface area contributed by atoms with Crippen LogP contribution in [0.5, 0.6) is 0 Å². The Morgan fingerprint density at radius 2 is 1.33 bits per heavy atom. The van der Waals surface area contributed by atoms with Crippen molar-refractivity contribution >= 4 is 86.3 Å². The van der Waals surface area contributed by atoms with Crippen LogP contribution in [0.3, 0.4) is 0 Å². The van der Waals surface area contributed by atoms with Crippen molar-refractivity contribution in [2.75, 3.05) is 34.5 Å². The number of nitrogens with one attached hydrogen (secondary N) is 3. The Labute approximate surface area is 378 Å². The maximum atomic E-state index is 11.6. The molecule has 0 fully saturated rings. The van der Waals surface area contributed by atoms with Gasteiger partial charge in [0.2, 0.25) is 28.2 Å². The fourth-order valence-corrected chi connectivity index (χ4v) is 5.86. The summed E-state index contributed by atoms with van der Waals surface area (Å²) in [5.41, 5.74) is 19.2. The Morgan fingerprint density at radius 1 is 0.750 bits per heavy atom. The molecule has 8 N–H and O–H groups in total. The van der Waals surface area contributed by atoms with Crippen LogP contribution in [-0.2, 0) is 4.79 Å². The van der Waals surface area contributed by atoms with Gasteiger partial charge in [0.05, 0.1) is 28.7 Å². The number of amides is 1. The minimum atomic E-state index is -0.561. The van der Waals surface area contributed by atoms with Gasteiger partial charge in [0, 0.05) is 29.7 Å². The number of aliphatic hydroxyl groups excluding tert-OH is 1. The van der Waals surface area contributed by atoms with Crippen LogP contribution in [0.15, 0.2) is 134 Å². The predicted octanol–water partition coefficient (Wildman–Crippen LogP) is 9.29. The highest BCUT2D eigenvalue weighted by atomic mass is 35.5. The lowest BCUT2D eigenvalue weighted by atomic mass is 10.2. The lowest BCUT2D eigenvalue weighted by molar-refractivity contribution is -0.384. The summed E-state index contributed by atoms with van der Waals surface area (Å²) in [4.78, 5) is 50.2. The smallest absolute Gasteiger partial charge is 0.329 e. The van der Waals surface area contributed by atoms with Gasteiger partial charge >= 0.3 is 5.69 Å². The zero-order chi connectivity index (χ0) is 45.5. The molecule has 1 amide bonds. The van der Waals surface area contributed by atoms with Gasteiger partial charge in [0.1, 0.15) is 17.5 Å². The first-order chi connectivity index (χ1) is 30.4. The summed E-state index contributed by atoms with van der Waals surface area (Å²) in [6.45, 7) is 7.41. The summed E-state index contributed by atoms with van der Waals surface area (Å²) >= 11 is 11.3. The van der Waals surface area contributed by atoms with Crippen LogP contribution >= 0.6 is 23.2 Å². The average molecular weight is 904 g/mol. The Kier molecular flexibility index (Phi) is 17.6. The highest BCUT2D eigenvalue weighted by Crippen LogP contribution is 2.29. The van der Waals surface area contributed by atoms with Crippen molar-refractivity contribution < 1.29 is 14.8 Å². The van der Waals surface area contributed by atoms with Crippen LogP contribution in [0.2, 0.25) is 10.6 Å². The molecule has 20 heteroatoms. The van der Waals surface area contributed by atoms with Crippen LogP contribution in [0.25, 0.3) is 28.2 Å². The van der Waals surface area contributed by atoms with Crippen molar-refractivity contribution in [1.82, 2.24) is 39.5 Å². The van der Waals surface area contributed by atoms with Crippen LogP contribution in [-0.4, -0.2) is 62.5 Å². The third-order valence-corrected chi connectivity index (χ3v) is 8.66. The Hall–Kier alpha value is -8.06. The standard InChI is InChI=1S/C20H16N6O.C11H9ClN4O2.C11H11ClN4.CH4O.CH4/c1-2-17(27)23-14-9-6-10-15(11-14)26-18(13-7-4-3-5-8-13)24-16-12-22-20(21)25-19(16)26;1-7-3-2-4-8(5-7)14-10-9(16(17)18)6-13-11(12)15-10;1-7-3-2-4-8(5-7)15-10-9(13)6-14-11(12)16-10;1-2;/h2-12H,1H2,(H,23,27)(H2,21,22,25);2-6H,1H3,(H,13,14,15);2-6H,13H2,1H3,(H,14,15,16);2H,1H3;1H4. The molecule has 64 heavy (non-hydrogen) atoms. The molecule has 0 aliphatic carbocycles. The number of fused-ring (bicyclic) bond motifs is 1. The Bertz CT molecular complexity index is 2860. The molecule has 0 unspecified atom stereocenters. The molecule has 0 aliphatic heterocycles. The third kappa shape index (κ3) is 13.2. The number of nitrogens with zero attached hydrogens (tertiary/aromatic N) is 9. The minimum Gasteiger partial charge on any atom is -0.400 e. The molecule has 0 spiro atoms. The fourth-order valence-electron chi connectivity index (χ4n) is 5.60. The number of nitro groups is 1. The summed E-state index contributed by atoms with van der Waals surface area (Å²) in [7, 11) is 1.00. The van der Waals surface area contributed by atoms with Crippen LogP contribution in [0.4, 0.5) is 46.0 Å². The number of nitrogen functional groups attached to an aromatic ring is 2. The first-order valence-corrected chi connectivity index (χ1v) is 19.3. The van der Waals surface area contributed by atoms with Gasteiger partial charge < -0.3 is 32.5 Å². The number of aryl methyl sites for hydroxylation is 2. The normalized spacial score (nSPS) is 9.97. The third-order valence-electron chi connectivity index (χ3n) is 8.29. The van der Waals surface area contributed by atoms with E-state index >= 15 is 0 Å². The van der Waals surface area contributed by atoms with Gasteiger partial charge in [-0.15, -0.1) is 0 Å². The number of benzene rings is 4. The number of rotatable bonds is 9. The predicted molar refractivity (Wildman–Crippen MR) is 254 cm³/mol. The van der Waals surface area contributed by atoms with Gasteiger partial charge in [-0.3, -0.25) is 19.5 Å². The number of nitrogens with two attached hydrogens (primary N) is 2. The van der Waals surface area contributed by atoms with E-state index in [1.54, 1.807) is 18.3 Å². The van der Waals surface area contributed by atoms with Crippen molar-refractivity contribution in [2.24, 2.45) is 0 Å². The Morgan fingerprint density at radius 3 is 1.94 bits per heavy atom. The second-order valence-corrected chi connectivity index (χ2v) is 13.6. The topological polar surface area (TPSA) is 264 Å². The molecule has 0 radical (unpaired) electrons. The van der Waals surface area contributed by atoms with E-state index in [2.05, 4.69) is 57.4 Å². The average Bonchev–Trinajstić information content (AvgIpc) is 3.65. The number of aliphatic hydroxyl groups is 1. The largest absolute Gasteiger partial charge is 0.400 e. The van der Waals surface area contributed by atoms with Gasteiger partial charge in [-0.05, 0) is 96.7 Å². The summed E-state index contributed by atoms with van der Waals surface area (Å²) in [5, 5.41) is 26.7. The number of anilines is 7. The minimum absolute atomic E-state index is 0. The summed E-state index contributed by atoms with van der Waals surface area (Å²) in [6, 6.07) is 32.5. The fraction of sp³-hybridized carbons (Fsp3) is 0.0909. The number of hydrogen-bond donors (Lipinski definition) is 6. The van der Waals surface area contributed by atoms with E-state index in [9.17, 15) is 14.9 Å². The molecule has 8 aromatic rings. The van der Waals surface area contributed by atoms with Gasteiger partial charge in [-0.25, -0.2) is 19.9 Å². The number of halogens is 2. The number of imidazole rings is 1. The van der Waals surface area contributed by atoms with E-state index < -0.39 is 4.92 Å². The summed E-state index contributed by atoms with van der Waals surface area (Å²) in [6.07, 6.45) is 5.38. The van der Waals surface area contributed by atoms with Gasteiger partial charge in [-0.1, -0.05) is 74.7 Å². The quantitative estimate of drug-likeness (QED) is 0.0341. The lowest BCUT2D eigenvalue weighted by Crippen LogP contribution is -2.08. The van der Waals surface area contributed by atoms with E-state index in [-0.39, 0.29) is 41.4 Å². The van der Waals surface area contributed by atoms with E-state index in [0.29, 0.717) is 39.9 Å². The van der Waals surface area contributed by atoms with E-state index in [1.807, 2.05) is 109 Å². The highest BCUT2D eigenvalue weighted by molar-refractivity contribution is 6.28. The van der Waals surface area contributed by atoms with Gasteiger partial charge in [0.25, 0.3) is 0 Å². The molecule has 4 aromatic heterocycles. The number of hydrogen-bond acceptors (Lipinski definition) is 15. The molecule has 4 heterocycles.